The van der Waals surface area contributed by atoms with Crippen LogP contribution >= 0.6 is 0 Å². The van der Waals surface area contributed by atoms with Gasteiger partial charge < -0.3 is 4.90 Å². The van der Waals surface area contributed by atoms with Gasteiger partial charge in [-0.2, -0.15) is 0 Å². The minimum atomic E-state index is -2.38. The Morgan fingerprint density at radius 2 is 1.80 bits per heavy atom. The molecule has 1 nitrogen and oxygen atoms in total. The third-order valence-electron chi connectivity index (χ3n) is 2.16. The van der Waals surface area contributed by atoms with Gasteiger partial charge in [0.2, 0.25) is 0 Å². The minimum absolute atomic E-state index is 0.400. The molecule has 0 radical (unpaired) electrons. The summed E-state index contributed by atoms with van der Waals surface area (Å²) in [7, 11) is 3.64. The molecule has 60 valence electrons. The molecule has 0 saturated heterocycles. The van der Waals surface area contributed by atoms with Gasteiger partial charge in [-0.3, -0.25) is 0 Å². The fraction of sp³-hybridized carbons (Fsp3) is 1.00. The molecule has 0 bridgehead atoms. The molecule has 3 heteroatoms. The predicted octanol–water partition coefficient (Wildman–Crippen LogP) is 1.45. The van der Waals surface area contributed by atoms with Crippen LogP contribution in [0, 0.1) is 11.8 Å². The summed E-state index contributed by atoms with van der Waals surface area (Å²) < 4.78 is 25.0. The summed E-state index contributed by atoms with van der Waals surface area (Å²) in [4.78, 5) is 1.81. The monoisotopic (exact) mass is 149 g/mol. The van der Waals surface area contributed by atoms with Crippen molar-refractivity contribution in [1.29, 1.82) is 0 Å². The molecular weight excluding hydrogens is 136 g/mol. The average molecular weight is 149 g/mol. The maximum atomic E-state index is 12.5. The van der Waals surface area contributed by atoms with Gasteiger partial charge in [-0.1, -0.05) is 6.92 Å². The van der Waals surface area contributed by atoms with E-state index in [-0.39, 0.29) is 0 Å². The third kappa shape index (κ3) is 1.15. The zero-order valence-electron chi connectivity index (χ0n) is 6.56. The summed E-state index contributed by atoms with van der Waals surface area (Å²) in [6.45, 7) is 2.11. The Bertz CT molecular complexity index is 134. The second-order valence-electron chi connectivity index (χ2n) is 3.33. The van der Waals surface area contributed by atoms with Crippen LogP contribution in [0.25, 0.3) is 0 Å². The number of hydrogen-bond donors (Lipinski definition) is 0. The van der Waals surface area contributed by atoms with E-state index in [4.69, 9.17) is 0 Å². The van der Waals surface area contributed by atoms with E-state index >= 15 is 0 Å². The lowest BCUT2D eigenvalue weighted by molar-refractivity contribution is 0.0816. The molecule has 1 rings (SSSR count). The summed E-state index contributed by atoms with van der Waals surface area (Å²) in [5.74, 6) is -3.19. The smallest absolute Gasteiger partial charge is 0.255 e. The molecule has 0 aromatic carbocycles. The quantitative estimate of drug-likeness (QED) is 0.574. The molecule has 2 unspecified atom stereocenters. The van der Waals surface area contributed by atoms with Gasteiger partial charge in [0.05, 0.1) is 0 Å². The van der Waals surface area contributed by atoms with Crippen molar-refractivity contribution in [3.05, 3.63) is 0 Å². The number of nitrogens with zero attached hydrogens (tertiary/aromatic N) is 1. The van der Waals surface area contributed by atoms with Gasteiger partial charge in [0.15, 0.2) is 0 Å². The number of hydrogen-bond acceptors (Lipinski definition) is 1. The van der Waals surface area contributed by atoms with Crippen LogP contribution in [-0.4, -0.2) is 31.5 Å². The van der Waals surface area contributed by atoms with Crippen molar-refractivity contribution in [2.45, 2.75) is 12.8 Å². The zero-order chi connectivity index (χ0) is 7.94. The van der Waals surface area contributed by atoms with Crippen LogP contribution in [0.1, 0.15) is 6.92 Å². The Morgan fingerprint density at radius 3 is 1.90 bits per heavy atom. The van der Waals surface area contributed by atoms with Crippen LogP contribution in [0.3, 0.4) is 0 Å². The molecule has 0 aromatic rings. The van der Waals surface area contributed by atoms with Crippen molar-refractivity contribution < 1.29 is 8.78 Å². The highest BCUT2D eigenvalue weighted by Crippen LogP contribution is 2.54. The predicted molar refractivity (Wildman–Crippen MR) is 36.2 cm³/mol. The Balaban J connectivity index is 2.35. The molecule has 1 aliphatic rings. The zero-order valence-corrected chi connectivity index (χ0v) is 6.56. The highest BCUT2D eigenvalue weighted by atomic mass is 19.3. The Hall–Kier alpha value is -0.180. The van der Waals surface area contributed by atoms with Gasteiger partial charge in [-0.25, -0.2) is 8.78 Å². The SMILES string of the molecule is CC1C(CN(C)C)C1(F)F. The molecule has 0 aliphatic heterocycles. The molecule has 10 heavy (non-hydrogen) atoms. The van der Waals surface area contributed by atoms with Crippen LogP contribution in [-0.2, 0) is 0 Å². The lowest BCUT2D eigenvalue weighted by Crippen LogP contribution is -2.17. The van der Waals surface area contributed by atoms with Crippen molar-refractivity contribution in [1.82, 2.24) is 4.90 Å². The first-order valence-corrected chi connectivity index (χ1v) is 3.48. The van der Waals surface area contributed by atoms with Gasteiger partial charge in [-0.05, 0) is 14.1 Å². The summed E-state index contributed by atoms with van der Waals surface area (Å²) in [6.07, 6.45) is 0. The minimum Gasteiger partial charge on any atom is -0.309 e. The van der Waals surface area contributed by atoms with E-state index < -0.39 is 17.8 Å². The second kappa shape index (κ2) is 2.16. The lowest BCUT2D eigenvalue weighted by atomic mass is 10.3. The van der Waals surface area contributed by atoms with Gasteiger partial charge >= 0.3 is 0 Å². The summed E-state index contributed by atoms with van der Waals surface area (Å²) in [5, 5.41) is 0. The molecule has 1 fully saturated rings. The Labute approximate surface area is 60.0 Å². The van der Waals surface area contributed by atoms with Crippen molar-refractivity contribution in [2.24, 2.45) is 11.8 Å². The molecule has 0 spiro atoms. The van der Waals surface area contributed by atoms with E-state index in [9.17, 15) is 8.78 Å². The largest absolute Gasteiger partial charge is 0.309 e. The standard InChI is InChI=1S/C7H13F2N/c1-5-6(4-10(2)3)7(5,8)9/h5-6H,4H2,1-3H3. The van der Waals surface area contributed by atoms with Crippen LogP contribution in [0.5, 0.6) is 0 Å². The fourth-order valence-corrected chi connectivity index (χ4v) is 1.23. The number of halogens is 2. The number of rotatable bonds is 2. The highest BCUT2D eigenvalue weighted by molar-refractivity contribution is 5.03. The van der Waals surface area contributed by atoms with E-state index in [0.717, 1.165) is 0 Å². The van der Waals surface area contributed by atoms with Gasteiger partial charge in [-0.15, -0.1) is 0 Å². The van der Waals surface area contributed by atoms with Gasteiger partial charge in [0.1, 0.15) is 0 Å². The van der Waals surface area contributed by atoms with Crippen LogP contribution in [0.15, 0.2) is 0 Å². The Kier molecular flexibility index (Phi) is 1.71. The third-order valence-corrected chi connectivity index (χ3v) is 2.16. The van der Waals surface area contributed by atoms with Crippen molar-refractivity contribution in [3.8, 4) is 0 Å². The Morgan fingerprint density at radius 1 is 1.40 bits per heavy atom. The maximum Gasteiger partial charge on any atom is 0.255 e. The first kappa shape index (κ1) is 7.92. The molecule has 1 saturated carbocycles. The second-order valence-corrected chi connectivity index (χ2v) is 3.33. The van der Waals surface area contributed by atoms with Crippen LogP contribution < -0.4 is 0 Å². The van der Waals surface area contributed by atoms with Crippen molar-refractivity contribution in [2.75, 3.05) is 20.6 Å². The average Bonchev–Trinajstić information content (AvgIpc) is 2.17. The topological polar surface area (TPSA) is 3.24 Å². The molecular formula is C7H13F2N. The van der Waals surface area contributed by atoms with Crippen molar-refractivity contribution in [3.63, 3.8) is 0 Å². The maximum absolute atomic E-state index is 12.5. The van der Waals surface area contributed by atoms with E-state index in [1.807, 2.05) is 19.0 Å². The molecule has 2 atom stereocenters. The van der Waals surface area contributed by atoms with E-state index in [2.05, 4.69) is 0 Å². The molecule has 0 amide bonds. The van der Waals surface area contributed by atoms with Gasteiger partial charge in [0.25, 0.3) is 5.92 Å². The fourth-order valence-electron chi connectivity index (χ4n) is 1.23. The summed E-state index contributed by atoms with van der Waals surface area (Å²) >= 11 is 0. The number of alkyl halides is 2. The summed E-state index contributed by atoms with van der Waals surface area (Å²) in [6, 6.07) is 0. The van der Waals surface area contributed by atoms with E-state index in [1.165, 1.54) is 0 Å². The lowest BCUT2D eigenvalue weighted by Gasteiger charge is -2.06. The van der Waals surface area contributed by atoms with Crippen LogP contribution in [0.2, 0.25) is 0 Å². The normalized spacial score (nSPS) is 36.6. The molecule has 1 aliphatic carbocycles. The van der Waals surface area contributed by atoms with E-state index in [0.29, 0.717) is 6.54 Å². The van der Waals surface area contributed by atoms with Gasteiger partial charge in [0, 0.05) is 18.4 Å². The first-order valence-electron chi connectivity index (χ1n) is 3.48. The van der Waals surface area contributed by atoms with Crippen LogP contribution in [0.4, 0.5) is 8.78 Å². The molecule has 0 N–H and O–H groups in total. The van der Waals surface area contributed by atoms with E-state index in [1.54, 1.807) is 6.92 Å². The van der Waals surface area contributed by atoms with Crippen molar-refractivity contribution >= 4 is 0 Å². The molecule has 0 heterocycles. The highest BCUT2D eigenvalue weighted by Gasteiger charge is 2.64. The first-order chi connectivity index (χ1) is 4.46. The molecule has 0 aromatic heterocycles. The summed E-state index contributed by atoms with van der Waals surface area (Å²) in [5.41, 5.74) is 0.